The average molecular weight is 511 g/mol. The number of nitrogens with zero attached hydrogens (tertiary/aromatic N) is 1. The molecule has 1 N–H and O–H groups in total. The molecule has 5 aromatic carbocycles. The number of thiazole rings is 1. The van der Waals surface area contributed by atoms with E-state index in [9.17, 15) is 0 Å². The Morgan fingerprint density at radius 2 is 1.19 bits per heavy atom. The second kappa shape index (κ2) is 9.32. The summed E-state index contributed by atoms with van der Waals surface area (Å²) in [6.07, 6.45) is 0. The molecule has 0 radical (unpaired) electrons. The first kappa shape index (κ1) is 22.0. The molecule has 176 valence electrons. The minimum absolute atomic E-state index is 1.04. The van der Waals surface area contributed by atoms with Gasteiger partial charge >= 0.3 is 0 Å². The monoisotopic (exact) mass is 510 g/mol. The van der Waals surface area contributed by atoms with Gasteiger partial charge in [-0.15, -0.1) is 22.7 Å². The molecule has 0 spiro atoms. The number of aromatic nitrogens is 1. The van der Waals surface area contributed by atoms with E-state index in [4.69, 9.17) is 4.98 Å². The SMILES string of the molecule is c1ccc(-c2ccccc2-c2ccc(Nc3ccc4nc(-c5cc6ccccc6s5)sc4c3)cc2)cc1. The van der Waals surface area contributed by atoms with E-state index in [1.807, 2.05) is 0 Å². The van der Waals surface area contributed by atoms with Crippen LogP contribution in [0.2, 0.25) is 0 Å². The molecule has 2 heterocycles. The molecule has 0 unspecified atom stereocenters. The number of hydrogen-bond donors (Lipinski definition) is 1. The van der Waals surface area contributed by atoms with Gasteiger partial charge in [0.05, 0.1) is 15.1 Å². The van der Waals surface area contributed by atoms with Crippen molar-refractivity contribution in [2.45, 2.75) is 0 Å². The molecule has 37 heavy (non-hydrogen) atoms. The standard InChI is InChI=1S/C33H22N2S2/c1-2-8-22(9-3-1)27-11-5-6-12-28(27)23-14-16-25(17-15-23)34-26-18-19-29-31(21-26)37-33(35-29)32-20-24-10-4-7-13-30(24)36-32/h1-21,34H. The fraction of sp³-hybridized carbons (Fsp3) is 0. The lowest BCUT2D eigenvalue weighted by Crippen LogP contribution is -1.90. The number of anilines is 2. The number of benzene rings is 5. The van der Waals surface area contributed by atoms with Crippen LogP contribution >= 0.6 is 22.7 Å². The third-order valence-corrected chi connectivity index (χ3v) is 8.82. The summed E-state index contributed by atoms with van der Waals surface area (Å²) in [5.74, 6) is 0. The normalized spacial score (nSPS) is 11.2. The van der Waals surface area contributed by atoms with E-state index in [0.717, 1.165) is 21.9 Å². The first-order chi connectivity index (χ1) is 18.3. The predicted octanol–water partition coefficient (Wildman–Crippen LogP) is 10.3. The van der Waals surface area contributed by atoms with Crippen LogP contribution in [0.3, 0.4) is 0 Å². The molecule has 2 aromatic heterocycles. The van der Waals surface area contributed by atoms with Crippen molar-refractivity contribution in [1.82, 2.24) is 4.98 Å². The van der Waals surface area contributed by atoms with Crippen molar-refractivity contribution in [2.75, 3.05) is 5.32 Å². The molecule has 4 heteroatoms. The Kier molecular flexibility index (Phi) is 5.54. The van der Waals surface area contributed by atoms with Crippen molar-refractivity contribution in [1.29, 1.82) is 0 Å². The van der Waals surface area contributed by atoms with Crippen LogP contribution in [0.5, 0.6) is 0 Å². The van der Waals surface area contributed by atoms with Gasteiger partial charge in [0.2, 0.25) is 0 Å². The zero-order valence-corrected chi connectivity index (χ0v) is 21.5. The number of rotatable bonds is 5. The first-order valence-electron chi connectivity index (χ1n) is 12.2. The molecule has 0 amide bonds. The van der Waals surface area contributed by atoms with Crippen LogP contribution in [-0.4, -0.2) is 4.98 Å². The van der Waals surface area contributed by atoms with Crippen LogP contribution < -0.4 is 5.32 Å². The Morgan fingerprint density at radius 1 is 0.514 bits per heavy atom. The Morgan fingerprint density at radius 3 is 1.97 bits per heavy atom. The molecule has 0 aliphatic rings. The van der Waals surface area contributed by atoms with Crippen molar-refractivity contribution in [3.05, 3.63) is 127 Å². The maximum atomic E-state index is 4.91. The number of hydrogen-bond acceptors (Lipinski definition) is 4. The van der Waals surface area contributed by atoms with Gasteiger partial charge in [-0.05, 0) is 70.1 Å². The zero-order valence-electron chi connectivity index (χ0n) is 19.9. The van der Waals surface area contributed by atoms with Gasteiger partial charge in [0.1, 0.15) is 5.01 Å². The summed E-state index contributed by atoms with van der Waals surface area (Å²) in [5.41, 5.74) is 8.08. The Hall–Kier alpha value is -4.25. The summed E-state index contributed by atoms with van der Waals surface area (Å²) in [7, 11) is 0. The van der Waals surface area contributed by atoms with E-state index in [0.29, 0.717) is 0 Å². The first-order valence-corrected chi connectivity index (χ1v) is 13.8. The van der Waals surface area contributed by atoms with Gasteiger partial charge in [-0.2, -0.15) is 0 Å². The van der Waals surface area contributed by atoms with E-state index in [-0.39, 0.29) is 0 Å². The van der Waals surface area contributed by atoms with E-state index in [1.54, 1.807) is 22.7 Å². The van der Waals surface area contributed by atoms with Gasteiger partial charge in [0, 0.05) is 16.1 Å². The van der Waals surface area contributed by atoms with E-state index in [1.165, 1.54) is 41.9 Å². The maximum absolute atomic E-state index is 4.91. The van der Waals surface area contributed by atoms with Gasteiger partial charge in [0.15, 0.2) is 0 Å². The average Bonchev–Trinajstić information content (AvgIpc) is 3.58. The molecule has 2 nitrogen and oxygen atoms in total. The maximum Gasteiger partial charge on any atom is 0.134 e. The Bertz CT molecular complexity index is 1810. The van der Waals surface area contributed by atoms with E-state index >= 15 is 0 Å². The molecular weight excluding hydrogens is 489 g/mol. The lowest BCUT2D eigenvalue weighted by molar-refractivity contribution is 1.49. The molecule has 0 saturated heterocycles. The Labute approximate surface area is 223 Å². The second-order valence-electron chi connectivity index (χ2n) is 8.96. The van der Waals surface area contributed by atoms with Gasteiger partial charge in [-0.25, -0.2) is 4.98 Å². The molecule has 0 aliphatic heterocycles. The third-order valence-electron chi connectivity index (χ3n) is 6.52. The van der Waals surface area contributed by atoms with Gasteiger partial charge in [-0.3, -0.25) is 0 Å². The molecule has 7 aromatic rings. The Balaban J connectivity index is 1.15. The highest BCUT2D eigenvalue weighted by molar-refractivity contribution is 7.28. The largest absolute Gasteiger partial charge is 0.355 e. The van der Waals surface area contributed by atoms with Crippen molar-refractivity contribution < 1.29 is 0 Å². The van der Waals surface area contributed by atoms with Crippen molar-refractivity contribution in [3.8, 4) is 32.1 Å². The second-order valence-corrected chi connectivity index (χ2v) is 11.1. The highest BCUT2D eigenvalue weighted by Gasteiger charge is 2.11. The summed E-state index contributed by atoms with van der Waals surface area (Å²) in [4.78, 5) is 6.13. The number of nitrogens with one attached hydrogen (secondary N) is 1. The highest BCUT2D eigenvalue weighted by Crippen LogP contribution is 2.38. The van der Waals surface area contributed by atoms with Gasteiger partial charge < -0.3 is 5.32 Å². The summed E-state index contributed by atoms with van der Waals surface area (Å²) in [5, 5.41) is 5.93. The molecule has 0 atom stereocenters. The van der Waals surface area contributed by atoms with Crippen LogP contribution in [0, 0.1) is 0 Å². The zero-order chi connectivity index (χ0) is 24.6. The molecule has 0 saturated carbocycles. The highest BCUT2D eigenvalue weighted by atomic mass is 32.1. The summed E-state index contributed by atoms with van der Waals surface area (Å²) >= 11 is 3.55. The van der Waals surface area contributed by atoms with Gasteiger partial charge in [-0.1, -0.05) is 84.9 Å². The fourth-order valence-electron chi connectivity index (χ4n) is 4.70. The third kappa shape index (κ3) is 4.31. The van der Waals surface area contributed by atoms with Crippen LogP contribution in [0.4, 0.5) is 11.4 Å². The molecule has 0 fully saturated rings. The minimum atomic E-state index is 1.04. The van der Waals surface area contributed by atoms with Crippen LogP contribution in [-0.2, 0) is 0 Å². The van der Waals surface area contributed by atoms with Gasteiger partial charge in [0.25, 0.3) is 0 Å². The lowest BCUT2D eigenvalue weighted by Gasteiger charge is -2.12. The fourth-order valence-corrected chi connectivity index (χ4v) is 6.81. The lowest BCUT2D eigenvalue weighted by atomic mass is 9.94. The van der Waals surface area contributed by atoms with Crippen molar-refractivity contribution >= 4 is 54.4 Å². The van der Waals surface area contributed by atoms with E-state index < -0.39 is 0 Å². The van der Waals surface area contributed by atoms with Crippen LogP contribution in [0.15, 0.2) is 127 Å². The number of thiophene rings is 1. The minimum Gasteiger partial charge on any atom is -0.355 e. The molecular formula is C33H22N2S2. The predicted molar refractivity (Wildman–Crippen MR) is 161 cm³/mol. The topological polar surface area (TPSA) is 24.9 Å². The summed E-state index contributed by atoms with van der Waals surface area (Å²) in [6.45, 7) is 0. The smallest absolute Gasteiger partial charge is 0.134 e. The van der Waals surface area contributed by atoms with Crippen LogP contribution in [0.1, 0.15) is 0 Å². The molecule has 7 rings (SSSR count). The van der Waals surface area contributed by atoms with Crippen molar-refractivity contribution in [2.24, 2.45) is 0 Å². The summed E-state index contributed by atoms with van der Waals surface area (Å²) < 4.78 is 2.49. The van der Waals surface area contributed by atoms with Crippen LogP contribution in [0.25, 0.3) is 52.4 Å². The molecule has 0 bridgehead atoms. The van der Waals surface area contributed by atoms with E-state index in [2.05, 4.69) is 133 Å². The number of fused-ring (bicyclic) bond motifs is 2. The van der Waals surface area contributed by atoms with Crippen molar-refractivity contribution in [3.63, 3.8) is 0 Å². The quantitative estimate of drug-likeness (QED) is 0.249. The summed E-state index contributed by atoms with van der Waals surface area (Å²) in [6, 6.07) is 45.0. The molecule has 0 aliphatic carbocycles.